The molecule has 0 aliphatic heterocycles. The van der Waals surface area contributed by atoms with Gasteiger partial charge in [-0.3, -0.25) is 5.41 Å². The summed E-state index contributed by atoms with van der Waals surface area (Å²) in [5.74, 6) is 0.935. The van der Waals surface area contributed by atoms with Crippen molar-refractivity contribution in [2.75, 3.05) is 11.4 Å². The molecule has 0 saturated heterocycles. The maximum atomic E-state index is 7.77. The van der Waals surface area contributed by atoms with Gasteiger partial charge < -0.3 is 10.6 Å². The highest BCUT2D eigenvalue weighted by Gasteiger charge is 2.27. The van der Waals surface area contributed by atoms with E-state index >= 15 is 0 Å². The van der Waals surface area contributed by atoms with Crippen LogP contribution in [0.25, 0.3) is 0 Å². The van der Waals surface area contributed by atoms with Crippen molar-refractivity contribution in [1.29, 1.82) is 5.41 Å². The first-order valence-electron chi connectivity index (χ1n) is 6.40. The molecule has 0 spiro atoms. The average molecular weight is 310 g/mol. The van der Waals surface area contributed by atoms with Crippen LogP contribution in [0.2, 0.25) is 0 Å². The highest BCUT2D eigenvalue weighted by Crippen LogP contribution is 2.35. The summed E-state index contributed by atoms with van der Waals surface area (Å²) in [5.41, 5.74) is 7.61. The van der Waals surface area contributed by atoms with Crippen LogP contribution in [0.15, 0.2) is 22.7 Å². The molecule has 0 atom stereocenters. The lowest BCUT2D eigenvalue weighted by atomic mass is 10.1. The number of rotatable bonds is 5. The van der Waals surface area contributed by atoms with Crippen molar-refractivity contribution in [2.24, 2.45) is 11.7 Å². The van der Waals surface area contributed by atoms with E-state index in [2.05, 4.69) is 40.7 Å². The third kappa shape index (κ3) is 2.86. The van der Waals surface area contributed by atoms with Crippen LogP contribution in [0.1, 0.15) is 32.3 Å². The van der Waals surface area contributed by atoms with Crippen LogP contribution in [0.5, 0.6) is 0 Å². The number of nitrogen functional groups attached to an aromatic ring is 1. The van der Waals surface area contributed by atoms with Gasteiger partial charge in [0.15, 0.2) is 0 Å². The van der Waals surface area contributed by atoms with E-state index < -0.39 is 0 Å². The van der Waals surface area contributed by atoms with Gasteiger partial charge in [0.2, 0.25) is 0 Å². The summed E-state index contributed by atoms with van der Waals surface area (Å²) in [7, 11) is 0. The second-order valence-electron chi connectivity index (χ2n) is 5.24. The largest absolute Gasteiger partial charge is 0.384 e. The summed E-state index contributed by atoms with van der Waals surface area (Å²) < 4.78 is 0.897. The lowest BCUT2D eigenvalue weighted by molar-refractivity contribution is 0.644. The molecule has 1 saturated carbocycles. The second-order valence-corrected chi connectivity index (χ2v) is 6.09. The summed E-state index contributed by atoms with van der Waals surface area (Å²) in [6.07, 6.45) is 2.65. The minimum Gasteiger partial charge on any atom is -0.384 e. The van der Waals surface area contributed by atoms with Crippen LogP contribution in [0, 0.1) is 11.3 Å². The Hall–Kier alpha value is -1.03. The van der Waals surface area contributed by atoms with Crippen LogP contribution in [0.4, 0.5) is 5.69 Å². The molecule has 0 unspecified atom stereocenters. The van der Waals surface area contributed by atoms with E-state index in [0.717, 1.165) is 28.2 Å². The van der Waals surface area contributed by atoms with Crippen molar-refractivity contribution in [1.82, 2.24) is 0 Å². The molecule has 1 aliphatic rings. The zero-order valence-corrected chi connectivity index (χ0v) is 12.5. The first-order valence-corrected chi connectivity index (χ1v) is 7.19. The van der Waals surface area contributed by atoms with Crippen molar-refractivity contribution in [3.05, 3.63) is 28.2 Å². The molecule has 0 bridgehead atoms. The summed E-state index contributed by atoms with van der Waals surface area (Å²) in [5, 5.41) is 7.77. The molecule has 1 fully saturated rings. The Bertz CT molecular complexity index is 452. The SMILES string of the molecule is CC(C)N(CC1CC1)c1cccc(Br)c1C(=N)N. The molecule has 98 valence electrons. The number of hydrogen-bond donors (Lipinski definition) is 2. The van der Waals surface area contributed by atoms with Crippen molar-refractivity contribution < 1.29 is 0 Å². The van der Waals surface area contributed by atoms with E-state index in [4.69, 9.17) is 11.1 Å². The van der Waals surface area contributed by atoms with E-state index in [1.54, 1.807) is 0 Å². The monoisotopic (exact) mass is 309 g/mol. The molecule has 2 rings (SSSR count). The highest BCUT2D eigenvalue weighted by molar-refractivity contribution is 9.10. The molecule has 0 heterocycles. The fraction of sp³-hybridized carbons (Fsp3) is 0.500. The van der Waals surface area contributed by atoms with Crippen molar-refractivity contribution in [2.45, 2.75) is 32.7 Å². The van der Waals surface area contributed by atoms with Gasteiger partial charge in [-0.05, 0) is 60.7 Å². The maximum Gasteiger partial charge on any atom is 0.126 e. The molecule has 18 heavy (non-hydrogen) atoms. The zero-order valence-electron chi connectivity index (χ0n) is 10.9. The summed E-state index contributed by atoms with van der Waals surface area (Å²) in [6.45, 7) is 5.44. The molecule has 4 heteroatoms. The first-order chi connectivity index (χ1) is 8.50. The third-order valence-corrected chi connectivity index (χ3v) is 4.01. The summed E-state index contributed by atoms with van der Waals surface area (Å²) in [6, 6.07) is 6.42. The minimum atomic E-state index is 0.124. The van der Waals surface area contributed by atoms with Crippen LogP contribution in [-0.4, -0.2) is 18.4 Å². The van der Waals surface area contributed by atoms with Gasteiger partial charge >= 0.3 is 0 Å². The molecule has 3 N–H and O–H groups in total. The molecule has 1 aromatic rings. The Labute approximate surface area is 117 Å². The summed E-state index contributed by atoms with van der Waals surface area (Å²) in [4.78, 5) is 2.36. The van der Waals surface area contributed by atoms with Gasteiger partial charge in [-0.1, -0.05) is 6.07 Å². The fourth-order valence-electron chi connectivity index (χ4n) is 2.18. The average Bonchev–Trinajstić information content (AvgIpc) is 3.08. The molecular weight excluding hydrogens is 290 g/mol. The molecule has 0 amide bonds. The van der Waals surface area contributed by atoms with E-state index in [0.29, 0.717) is 6.04 Å². The molecule has 3 nitrogen and oxygen atoms in total. The van der Waals surface area contributed by atoms with Gasteiger partial charge in [0, 0.05) is 22.7 Å². The molecule has 0 radical (unpaired) electrons. The van der Waals surface area contributed by atoms with Gasteiger partial charge in [-0.2, -0.15) is 0 Å². The lowest BCUT2D eigenvalue weighted by Crippen LogP contribution is -2.34. The number of nitrogens with zero attached hydrogens (tertiary/aromatic N) is 1. The van der Waals surface area contributed by atoms with Gasteiger partial charge in [-0.15, -0.1) is 0 Å². The van der Waals surface area contributed by atoms with E-state index in [1.807, 2.05) is 12.1 Å². The minimum absolute atomic E-state index is 0.124. The van der Waals surface area contributed by atoms with Crippen LogP contribution in [0.3, 0.4) is 0 Å². The fourth-order valence-corrected chi connectivity index (χ4v) is 2.75. The van der Waals surface area contributed by atoms with Crippen LogP contribution in [-0.2, 0) is 0 Å². The molecule has 1 aliphatic carbocycles. The Morgan fingerprint density at radius 2 is 2.17 bits per heavy atom. The number of nitrogens with one attached hydrogen (secondary N) is 1. The van der Waals surface area contributed by atoms with Crippen molar-refractivity contribution in [3.8, 4) is 0 Å². The number of amidine groups is 1. The zero-order chi connectivity index (χ0) is 13.3. The third-order valence-electron chi connectivity index (χ3n) is 3.35. The van der Waals surface area contributed by atoms with Crippen LogP contribution >= 0.6 is 15.9 Å². The van der Waals surface area contributed by atoms with Gasteiger partial charge in [0.05, 0.1) is 5.56 Å². The molecule has 1 aromatic carbocycles. The number of halogens is 1. The smallest absolute Gasteiger partial charge is 0.126 e. The Kier molecular flexibility index (Phi) is 3.95. The molecule has 0 aromatic heterocycles. The second kappa shape index (κ2) is 5.31. The van der Waals surface area contributed by atoms with Crippen molar-refractivity contribution in [3.63, 3.8) is 0 Å². The van der Waals surface area contributed by atoms with Gasteiger partial charge in [0.1, 0.15) is 5.84 Å². The molecular formula is C14H20BrN3. The maximum absolute atomic E-state index is 7.77. The quantitative estimate of drug-likeness (QED) is 0.647. The topological polar surface area (TPSA) is 53.1 Å². The van der Waals surface area contributed by atoms with Gasteiger partial charge in [0.25, 0.3) is 0 Å². The Morgan fingerprint density at radius 3 is 2.67 bits per heavy atom. The Balaban J connectivity index is 2.39. The highest BCUT2D eigenvalue weighted by atomic mass is 79.9. The van der Waals surface area contributed by atoms with Crippen molar-refractivity contribution >= 4 is 27.5 Å². The Morgan fingerprint density at radius 1 is 1.50 bits per heavy atom. The number of anilines is 1. The normalized spacial score (nSPS) is 14.9. The van der Waals surface area contributed by atoms with E-state index in [9.17, 15) is 0 Å². The van der Waals surface area contributed by atoms with E-state index in [-0.39, 0.29) is 5.84 Å². The number of hydrogen-bond acceptors (Lipinski definition) is 2. The van der Waals surface area contributed by atoms with E-state index in [1.165, 1.54) is 12.8 Å². The predicted octanol–water partition coefficient (Wildman–Crippen LogP) is 3.36. The first kappa shape index (κ1) is 13.4. The standard InChI is InChI=1S/C14H20BrN3/c1-9(2)18(8-10-6-7-10)12-5-3-4-11(15)13(12)14(16)17/h3-5,9-10H,6-8H2,1-2H3,(H3,16,17). The number of nitrogens with two attached hydrogens (primary N) is 1. The number of benzene rings is 1. The predicted molar refractivity (Wildman–Crippen MR) is 80.4 cm³/mol. The summed E-state index contributed by atoms with van der Waals surface area (Å²) >= 11 is 3.50. The lowest BCUT2D eigenvalue weighted by Gasteiger charge is -2.31. The van der Waals surface area contributed by atoms with Gasteiger partial charge in [-0.25, -0.2) is 0 Å². The van der Waals surface area contributed by atoms with Crippen LogP contribution < -0.4 is 10.6 Å².